The molecule has 2 amide bonds. The minimum atomic E-state index is -0.507. The monoisotopic (exact) mass is 353 g/mol. The molecule has 0 aromatic carbocycles. The van der Waals surface area contributed by atoms with Gasteiger partial charge in [0.2, 0.25) is 0 Å². The van der Waals surface area contributed by atoms with Crippen molar-refractivity contribution in [3.05, 3.63) is 47.4 Å². The van der Waals surface area contributed by atoms with Gasteiger partial charge in [0.15, 0.2) is 0 Å². The number of aliphatic hydroxyl groups excluding tert-OH is 1. The number of nitrogens with zero attached hydrogens (tertiary/aromatic N) is 2. The van der Waals surface area contributed by atoms with Gasteiger partial charge in [-0.15, -0.1) is 0 Å². The highest BCUT2D eigenvalue weighted by Gasteiger charge is 2.34. The Morgan fingerprint density at radius 2 is 2.23 bits per heavy atom. The summed E-state index contributed by atoms with van der Waals surface area (Å²) in [7, 11) is 1.63. The fraction of sp³-hybridized carbons (Fsp3) is 0.222. The number of pyridine rings is 1. The number of hydrogen-bond donors (Lipinski definition) is 4. The van der Waals surface area contributed by atoms with Crippen LogP contribution in [-0.4, -0.2) is 46.3 Å². The molecule has 2 aromatic rings. The molecule has 0 saturated carbocycles. The van der Waals surface area contributed by atoms with Gasteiger partial charge in [-0.2, -0.15) is 0 Å². The SMILES string of the molecule is CN/C(=C\C=N)C1=C(c2cn(CCCO)c3ncccc23)C(=O)NC1=O. The van der Waals surface area contributed by atoms with Crippen LogP contribution >= 0.6 is 0 Å². The van der Waals surface area contributed by atoms with E-state index in [0.717, 1.165) is 11.6 Å². The van der Waals surface area contributed by atoms with Crippen LogP contribution < -0.4 is 10.6 Å². The van der Waals surface area contributed by atoms with Crippen molar-refractivity contribution >= 4 is 34.6 Å². The van der Waals surface area contributed by atoms with Crippen molar-refractivity contribution < 1.29 is 14.7 Å². The van der Waals surface area contributed by atoms with Crippen molar-refractivity contribution in [2.24, 2.45) is 0 Å². The molecule has 8 heteroatoms. The number of fused-ring (bicyclic) bond motifs is 1. The number of nitrogens with one attached hydrogen (secondary N) is 3. The maximum Gasteiger partial charge on any atom is 0.261 e. The lowest BCUT2D eigenvalue weighted by atomic mass is 9.99. The second kappa shape index (κ2) is 7.32. The number of rotatable bonds is 7. The molecule has 0 saturated heterocycles. The van der Waals surface area contributed by atoms with E-state index in [1.54, 1.807) is 25.5 Å². The molecular formula is C18H19N5O3. The molecule has 134 valence electrons. The number of aromatic nitrogens is 2. The molecule has 3 heterocycles. The Morgan fingerprint density at radius 1 is 1.42 bits per heavy atom. The van der Waals surface area contributed by atoms with Gasteiger partial charge in [0.05, 0.1) is 11.1 Å². The number of aliphatic hydroxyl groups is 1. The fourth-order valence-corrected chi connectivity index (χ4v) is 3.08. The summed E-state index contributed by atoms with van der Waals surface area (Å²) in [6, 6.07) is 3.61. The van der Waals surface area contributed by atoms with Gasteiger partial charge in [-0.1, -0.05) is 0 Å². The number of likely N-dealkylation sites (N-methyl/N-ethyl adjacent to an activating group) is 1. The molecule has 1 aliphatic rings. The molecule has 26 heavy (non-hydrogen) atoms. The van der Waals surface area contributed by atoms with Crippen molar-refractivity contribution in [3.8, 4) is 0 Å². The van der Waals surface area contributed by atoms with Crippen molar-refractivity contribution in [1.29, 1.82) is 5.41 Å². The third-order valence-electron chi connectivity index (χ3n) is 4.18. The molecule has 3 rings (SSSR count). The smallest absolute Gasteiger partial charge is 0.261 e. The Hall–Kier alpha value is -3.26. The summed E-state index contributed by atoms with van der Waals surface area (Å²) in [5, 5.41) is 22.3. The molecule has 0 bridgehead atoms. The zero-order valence-corrected chi connectivity index (χ0v) is 14.2. The standard InChI is InChI=1S/C18H19N5O3/c1-20-13(5-6-19)15-14(17(25)22-18(15)26)12-10-23(8-3-9-24)16-11(12)4-2-7-21-16/h2,4-7,10,19-20,24H,3,8-9H2,1H3,(H,22,25,26)/b13-5-,19-6?. The Labute approximate surface area is 149 Å². The maximum absolute atomic E-state index is 12.5. The van der Waals surface area contributed by atoms with Crippen molar-refractivity contribution in [2.75, 3.05) is 13.7 Å². The minimum absolute atomic E-state index is 0.0424. The van der Waals surface area contributed by atoms with Gasteiger partial charge < -0.3 is 20.4 Å². The van der Waals surface area contributed by atoms with Gasteiger partial charge in [0.1, 0.15) is 5.65 Å². The van der Waals surface area contributed by atoms with Crippen molar-refractivity contribution in [2.45, 2.75) is 13.0 Å². The summed E-state index contributed by atoms with van der Waals surface area (Å²) in [6.07, 6.45) is 6.46. The average molecular weight is 353 g/mol. The molecular weight excluding hydrogens is 334 g/mol. The van der Waals surface area contributed by atoms with E-state index in [0.29, 0.717) is 29.9 Å². The number of allylic oxidation sites excluding steroid dienone is 1. The highest BCUT2D eigenvalue weighted by atomic mass is 16.3. The van der Waals surface area contributed by atoms with Gasteiger partial charge in [0, 0.05) is 55.5 Å². The highest BCUT2D eigenvalue weighted by molar-refractivity contribution is 6.38. The molecule has 1 aliphatic heterocycles. The molecule has 0 fully saturated rings. The summed E-state index contributed by atoms with van der Waals surface area (Å²) in [4.78, 5) is 29.2. The van der Waals surface area contributed by atoms with E-state index in [4.69, 9.17) is 10.5 Å². The Balaban J connectivity index is 2.27. The Bertz CT molecular complexity index is 955. The summed E-state index contributed by atoms with van der Waals surface area (Å²) in [6.45, 7) is 0.581. The van der Waals surface area contributed by atoms with Crippen LogP contribution in [0.5, 0.6) is 0 Å². The van der Waals surface area contributed by atoms with Crippen LogP contribution in [0.3, 0.4) is 0 Å². The first-order chi connectivity index (χ1) is 12.6. The van der Waals surface area contributed by atoms with Crippen LogP contribution in [0.2, 0.25) is 0 Å². The van der Waals surface area contributed by atoms with E-state index >= 15 is 0 Å². The highest BCUT2D eigenvalue weighted by Crippen LogP contribution is 2.33. The van der Waals surface area contributed by atoms with E-state index < -0.39 is 11.8 Å². The lowest BCUT2D eigenvalue weighted by Crippen LogP contribution is -2.24. The first-order valence-electron chi connectivity index (χ1n) is 8.16. The quantitative estimate of drug-likeness (QED) is 0.429. The summed E-state index contributed by atoms with van der Waals surface area (Å²) in [5.74, 6) is -0.992. The molecule has 0 atom stereocenters. The van der Waals surface area contributed by atoms with Gasteiger partial charge in [-0.05, 0) is 24.6 Å². The summed E-state index contributed by atoms with van der Waals surface area (Å²) < 4.78 is 1.86. The zero-order valence-electron chi connectivity index (χ0n) is 14.2. The van der Waals surface area contributed by atoms with Crippen LogP contribution in [-0.2, 0) is 16.1 Å². The predicted molar refractivity (Wildman–Crippen MR) is 97.4 cm³/mol. The van der Waals surface area contributed by atoms with Crippen LogP contribution in [0.25, 0.3) is 16.6 Å². The maximum atomic E-state index is 12.5. The molecule has 4 N–H and O–H groups in total. The second-order valence-corrected chi connectivity index (χ2v) is 5.72. The van der Waals surface area contributed by atoms with Gasteiger partial charge >= 0.3 is 0 Å². The molecule has 0 unspecified atom stereocenters. The third kappa shape index (κ3) is 2.91. The molecule has 0 spiro atoms. The van der Waals surface area contributed by atoms with Crippen LogP contribution in [0.4, 0.5) is 0 Å². The first kappa shape index (κ1) is 17.6. The number of amides is 2. The van der Waals surface area contributed by atoms with Crippen LogP contribution in [0.15, 0.2) is 41.9 Å². The number of carbonyl (C=O) groups is 2. The topological polar surface area (TPSA) is 120 Å². The van der Waals surface area contributed by atoms with E-state index in [1.165, 1.54) is 6.08 Å². The zero-order chi connectivity index (χ0) is 18.7. The van der Waals surface area contributed by atoms with E-state index in [9.17, 15) is 9.59 Å². The second-order valence-electron chi connectivity index (χ2n) is 5.72. The Morgan fingerprint density at radius 3 is 2.92 bits per heavy atom. The van der Waals surface area contributed by atoms with Gasteiger partial charge in [-0.25, -0.2) is 4.98 Å². The number of carbonyl (C=O) groups excluding carboxylic acids is 2. The Kier molecular flexibility index (Phi) is 4.94. The number of aryl methyl sites for hydroxylation is 1. The third-order valence-corrected chi connectivity index (χ3v) is 4.18. The van der Waals surface area contributed by atoms with Crippen LogP contribution in [0, 0.1) is 5.41 Å². The van der Waals surface area contributed by atoms with Crippen LogP contribution in [0.1, 0.15) is 12.0 Å². The normalized spacial score (nSPS) is 14.9. The fourth-order valence-electron chi connectivity index (χ4n) is 3.08. The van der Waals surface area contributed by atoms with Crippen molar-refractivity contribution in [3.63, 3.8) is 0 Å². The minimum Gasteiger partial charge on any atom is -0.396 e. The van der Waals surface area contributed by atoms with E-state index in [1.807, 2.05) is 10.6 Å². The molecule has 0 radical (unpaired) electrons. The first-order valence-corrected chi connectivity index (χ1v) is 8.16. The lowest BCUT2D eigenvalue weighted by molar-refractivity contribution is -0.123. The largest absolute Gasteiger partial charge is 0.396 e. The van der Waals surface area contributed by atoms with E-state index in [2.05, 4.69) is 15.6 Å². The molecule has 8 nitrogen and oxygen atoms in total. The van der Waals surface area contributed by atoms with Gasteiger partial charge in [-0.3, -0.25) is 14.9 Å². The molecule has 0 aliphatic carbocycles. The number of imide groups is 1. The lowest BCUT2D eigenvalue weighted by Gasteiger charge is -2.07. The average Bonchev–Trinajstić information content (AvgIpc) is 3.14. The molecule has 2 aromatic heterocycles. The van der Waals surface area contributed by atoms with E-state index in [-0.39, 0.29) is 17.8 Å². The number of hydrogen-bond acceptors (Lipinski definition) is 6. The van der Waals surface area contributed by atoms with Gasteiger partial charge in [0.25, 0.3) is 11.8 Å². The summed E-state index contributed by atoms with van der Waals surface area (Å²) in [5.41, 5.74) is 2.11. The summed E-state index contributed by atoms with van der Waals surface area (Å²) >= 11 is 0. The van der Waals surface area contributed by atoms with Crippen molar-refractivity contribution in [1.82, 2.24) is 20.2 Å². The predicted octanol–water partition coefficient (Wildman–Crippen LogP) is 0.582.